The van der Waals surface area contributed by atoms with Crippen molar-refractivity contribution in [3.05, 3.63) is 29.6 Å². The van der Waals surface area contributed by atoms with Crippen molar-refractivity contribution in [3.63, 3.8) is 0 Å². The van der Waals surface area contributed by atoms with E-state index < -0.39 is 17.4 Å². The lowest BCUT2D eigenvalue weighted by molar-refractivity contribution is -0.137. The van der Waals surface area contributed by atoms with Crippen LogP contribution in [0.15, 0.2) is 18.2 Å². The summed E-state index contributed by atoms with van der Waals surface area (Å²) in [6.45, 7) is 6.89. The molecule has 2 rings (SSSR count). The van der Waals surface area contributed by atoms with Gasteiger partial charge in [-0.1, -0.05) is 6.92 Å². The van der Waals surface area contributed by atoms with E-state index in [0.29, 0.717) is 17.7 Å². The molecular formula is C15H19FN2O2. The number of halogens is 1. The minimum absolute atomic E-state index is 0.209. The number of carbonyl (C=O) groups excluding carboxylic acids is 2. The molecule has 1 aromatic carbocycles. The molecule has 4 nitrogen and oxygen atoms in total. The lowest BCUT2D eigenvalue weighted by Gasteiger charge is -2.42. The van der Waals surface area contributed by atoms with Crippen LogP contribution in [0.4, 0.5) is 10.1 Å². The molecule has 1 saturated heterocycles. The Kier molecular flexibility index (Phi) is 3.54. The number of carbonyl (C=O) groups is 2. The van der Waals surface area contributed by atoms with Crippen LogP contribution in [0.25, 0.3) is 0 Å². The number of amides is 2. The topological polar surface area (TPSA) is 49.4 Å². The first-order valence-corrected chi connectivity index (χ1v) is 6.69. The van der Waals surface area contributed by atoms with E-state index in [9.17, 15) is 14.0 Å². The van der Waals surface area contributed by atoms with E-state index in [1.54, 1.807) is 26.8 Å². The zero-order chi connectivity index (χ0) is 15.1. The van der Waals surface area contributed by atoms with E-state index in [2.05, 4.69) is 5.32 Å². The normalized spacial score (nSPS) is 21.9. The van der Waals surface area contributed by atoms with Gasteiger partial charge in [-0.25, -0.2) is 4.39 Å². The second-order valence-electron chi connectivity index (χ2n) is 5.70. The van der Waals surface area contributed by atoms with Gasteiger partial charge < -0.3 is 5.32 Å². The van der Waals surface area contributed by atoms with Crippen molar-refractivity contribution in [2.75, 3.05) is 4.90 Å². The molecule has 1 aliphatic rings. The van der Waals surface area contributed by atoms with Crippen LogP contribution >= 0.6 is 0 Å². The standard InChI is InChI=1S/C15H19FN2O2/c1-5-12-13(19)17-15(3,4)14(20)18(12)11-7-9(2)6-10(16)8-11/h6-8,12H,5H2,1-4H3,(H,17,19). The summed E-state index contributed by atoms with van der Waals surface area (Å²) >= 11 is 0. The molecule has 108 valence electrons. The lowest BCUT2D eigenvalue weighted by Crippen LogP contribution is -2.68. The van der Waals surface area contributed by atoms with Gasteiger partial charge >= 0.3 is 0 Å². The summed E-state index contributed by atoms with van der Waals surface area (Å²) in [5.41, 5.74) is 0.164. The van der Waals surface area contributed by atoms with Crippen LogP contribution in [0.1, 0.15) is 32.8 Å². The highest BCUT2D eigenvalue weighted by atomic mass is 19.1. The van der Waals surface area contributed by atoms with Gasteiger partial charge in [-0.2, -0.15) is 0 Å². The summed E-state index contributed by atoms with van der Waals surface area (Å²) < 4.78 is 13.6. The van der Waals surface area contributed by atoms with E-state index >= 15 is 0 Å². The van der Waals surface area contributed by atoms with Crippen LogP contribution < -0.4 is 10.2 Å². The predicted octanol–water partition coefficient (Wildman–Crippen LogP) is 2.15. The third-order valence-electron chi connectivity index (χ3n) is 3.50. The maximum atomic E-state index is 13.6. The molecule has 1 aromatic rings. The van der Waals surface area contributed by atoms with Gasteiger partial charge in [0.1, 0.15) is 17.4 Å². The summed E-state index contributed by atoms with van der Waals surface area (Å²) in [7, 11) is 0. The highest BCUT2D eigenvalue weighted by Crippen LogP contribution is 2.28. The largest absolute Gasteiger partial charge is 0.340 e. The Morgan fingerprint density at radius 1 is 1.30 bits per heavy atom. The number of anilines is 1. The molecule has 0 saturated carbocycles. The molecule has 1 aliphatic heterocycles. The summed E-state index contributed by atoms with van der Waals surface area (Å²) in [6, 6.07) is 3.81. The number of hydrogen-bond acceptors (Lipinski definition) is 2. The smallest absolute Gasteiger partial charge is 0.252 e. The summed E-state index contributed by atoms with van der Waals surface area (Å²) in [5, 5.41) is 2.71. The van der Waals surface area contributed by atoms with Gasteiger partial charge in [-0.3, -0.25) is 14.5 Å². The second kappa shape index (κ2) is 4.89. The van der Waals surface area contributed by atoms with E-state index in [1.165, 1.54) is 17.0 Å². The van der Waals surface area contributed by atoms with Crippen molar-refractivity contribution in [1.29, 1.82) is 0 Å². The molecule has 5 heteroatoms. The minimum atomic E-state index is -0.983. The van der Waals surface area contributed by atoms with Crippen LogP contribution in [-0.4, -0.2) is 23.4 Å². The lowest BCUT2D eigenvalue weighted by atomic mass is 9.95. The predicted molar refractivity (Wildman–Crippen MR) is 74.9 cm³/mol. The van der Waals surface area contributed by atoms with Gasteiger partial charge in [0, 0.05) is 5.69 Å². The van der Waals surface area contributed by atoms with Crippen LogP contribution in [0.5, 0.6) is 0 Å². The fourth-order valence-corrected chi connectivity index (χ4v) is 2.53. The first-order chi connectivity index (χ1) is 9.26. The van der Waals surface area contributed by atoms with Crippen LogP contribution in [0.3, 0.4) is 0 Å². The van der Waals surface area contributed by atoms with Gasteiger partial charge in [-0.05, 0) is 51.0 Å². The van der Waals surface area contributed by atoms with Crippen molar-refractivity contribution in [2.24, 2.45) is 0 Å². The first kappa shape index (κ1) is 14.5. The molecule has 0 aromatic heterocycles. The molecular weight excluding hydrogens is 259 g/mol. The van der Waals surface area contributed by atoms with Gasteiger partial charge in [-0.15, -0.1) is 0 Å². The van der Waals surface area contributed by atoms with Crippen molar-refractivity contribution in [1.82, 2.24) is 5.32 Å². The molecule has 0 bridgehead atoms. The fraction of sp³-hybridized carbons (Fsp3) is 0.467. The quantitative estimate of drug-likeness (QED) is 0.901. The zero-order valence-electron chi connectivity index (χ0n) is 12.2. The van der Waals surface area contributed by atoms with E-state index in [-0.39, 0.29) is 11.8 Å². The molecule has 0 aliphatic carbocycles. The Bertz CT molecular complexity index is 549. The monoisotopic (exact) mass is 278 g/mol. The van der Waals surface area contributed by atoms with Crippen molar-refractivity contribution < 1.29 is 14.0 Å². The fourth-order valence-electron chi connectivity index (χ4n) is 2.53. The van der Waals surface area contributed by atoms with Gasteiger partial charge in [0.2, 0.25) is 5.91 Å². The number of rotatable bonds is 2. The highest BCUT2D eigenvalue weighted by Gasteiger charge is 2.45. The maximum Gasteiger partial charge on any atom is 0.252 e. The van der Waals surface area contributed by atoms with Gasteiger partial charge in [0.15, 0.2) is 0 Å². The maximum absolute atomic E-state index is 13.6. The molecule has 1 unspecified atom stereocenters. The molecule has 20 heavy (non-hydrogen) atoms. The third-order valence-corrected chi connectivity index (χ3v) is 3.50. The van der Waals surface area contributed by atoms with E-state index in [1.807, 2.05) is 6.92 Å². The summed E-state index contributed by atoms with van der Waals surface area (Å²) in [5.74, 6) is -0.848. The Morgan fingerprint density at radius 3 is 2.50 bits per heavy atom. The van der Waals surface area contributed by atoms with Crippen molar-refractivity contribution in [3.8, 4) is 0 Å². The second-order valence-corrected chi connectivity index (χ2v) is 5.70. The van der Waals surface area contributed by atoms with Crippen LogP contribution in [0.2, 0.25) is 0 Å². The molecule has 1 atom stereocenters. The Labute approximate surface area is 118 Å². The average Bonchev–Trinajstić information content (AvgIpc) is 2.31. The van der Waals surface area contributed by atoms with Crippen molar-refractivity contribution in [2.45, 2.75) is 45.7 Å². The van der Waals surface area contributed by atoms with Crippen LogP contribution in [0, 0.1) is 12.7 Å². The Hall–Kier alpha value is -1.91. The Balaban J connectivity index is 2.53. The summed E-state index contributed by atoms with van der Waals surface area (Å²) in [6.07, 6.45) is 0.475. The Morgan fingerprint density at radius 2 is 1.95 bits per heavy atom. The molecule has 1 fully saturated rings. The van der Waals surface area contributed by atoms with Crippen molar-refractivity contribution >= 4 is 17.5 Å². The molecule has 1 heterocycles. The number of piperazine rings is 1. The van der Waals surface area contributed by atoms with E-state index in [0.717, 1.165) is 0 Å². The zero-order valence-corrected chi connectivity index (χ0v) is 12.2. The number of aryl methyl sites for hydroxylation is 1. The van der Waals surface area contributed by atoms with Gasteiger partial charge in [0.25, 0.3) is 5.91 Å². The number of hydrogen-bond donors (Lipinski definition) is 1. The molecule has 1 N–H and O–H groups in total. The average molecular weight is 278 g/mol. The molecule has 2 amide bonds. The first-order valence-electron chi connectivity index (χ1n) is 6.69. The minimum Gasteiger partial charge on any atom is -0.340 e. The van der Waals surface area contributed by atoms with Gasteiger partial charge in [0.05, 0.1) is 0 Å². The molecule has 0 spiro atoms. The van der Waals surface area contributed by atoms with E-state index in [4.69, 9.17) is 0 Å². The SMILES string of the molecule is CCC1C(=O)NC(C)(C)C(=O)N1c1cc(C)cc(F)c1. The van der Waals surface area contributed by atoms with Crippen LogP contribution in [-0.2, 0) is 9.59 Å². The number of benzene rings is 1. The molecule has 0 radical (unpaired) electrons. The summed E-state index contributed by atoms with van der Waals surface area (Å²) in [4.78, 5) is 26.1. The number of nitrogens with one attached hydrogen (secondary N) is 1. The highest BCUT2D eigenvalue weighted by molar-refractivity contribution is 6.10. The third kappa shape index (κ3) is 2.40. The number of nitrogens with zero attached hydrogens (tertiary/aromatic N) is 1.